The first-order valence-corrected chi connectivity index (χ1v) is 6.20. The molecule has 0 aromatic rings. The van der Waals surface area contributed by atoms with Gasteiger partial charge in [-0.25, -0.2) is 4.79 Å². The molecule has 1 aliphatic rings. The highest BCUT2D eigenvalue weighted by Crippen LogP contribution is 2.22. The molecule has 0 aromatic carbocycles. The fourth-order valence-corrected chi connectivity index (χ4v) is 2.15. The number of nitrogens with one attached hydrogen (secondary N) is 1. The van der Waals surface area contributed by atoms with E-state index in [0.717, 1.165) is 19.0 Å². The lowest BCUT2D eigenvalue weighted by Crippen LogP contribution is -2.24. The van der Waals surface area contributed by atoms with Crippen LogP contribution < -0.4 is 5.32 Å². The van der Waals surface area contributed by atoms with Crippen LogP contribution in [0.4, 0.5) is 0 Å². The molecule has 0 aromatic heterocycles. The first kappa shape index (κ1) is 13.2. The topological polar surface area (TPSA) is 38.3 Å². The number of hydrogen-bond donors (Lipinski definition) is 1. The SMILES string of the molecule is COC(=O)C(C)=CCNCC1CCCCC1. The minimum atomic E-state index is -0.237. The van der Waals surface area contributed by atoms with E-state index in [-0.39, 0.29) is 5.97 Å². The molecule has 1 fully saturated rings. The lowest BCUT2D eigenvalue weighted by Gasteiger charge is -2.21. The Balaban J connectivity index is 2.12. The van der Waals surface area contributed by atoms with E-state index < -0.39 is 0 Å². The third-order valence-corrected chi connectivity index (χ3v) is 3.22. The molecular formula is C13H23NO2. The molecule has 0 amide bonds. The Morgan fingerprint density at radius 1 is 1.38 bits per heavy atom. The van der Waals surface area contributed by atoms with Crippen LogP contribution in [-0.4, -0.2) is 26.2 Å². The van der Waals surface area contributed by atoms with Crippen molar-refractivity contribution in [1.82, 2.24) is 5.32 Å². The third-order valence-electron chi connectivity index (χ3n) is 3.22. The summed E-state index contributed by atoms with van der Waals surface area (Å²) in [6, 6.07) is 0. The minimum absolute atomic E-state index is 0.237. The number of ether oxygens (including phenoxy) is 1. The summed E-state index contributed by atoms with van der Waals surface area (Å²) in [5.41, 5.74) is 0.679. The second-order valence-corrected chi connectivity index (χ2v) is 4.54. The summed E-state index contributed by atoms with van der Waals surface area (Å²) in [6.07, 6.45) is 8.76. The van der Waals surface area contributed by atoms with Gasteiger partial charge in [0.05, 0.1) is 7.11 Å². The molecule has 1 rings (SSSR count). The van der Waals surface area contributed by atoms with Crippen LogP contribution in [0.1, 0.15) is 39.0 Å². The standard InChI is InChI=1S/C13H23NO2/c1-11(13(15)16-2)8-9-14-10-12-6-4-3-5-7-12/h8,12,14H,3-7,9-10H2,1-2H3. The summed E-state index contributed by atoms with van der Waals surface area (Å²) in [5, 5.41) is 3.38. The molecule has 0 saturated heterocycles. The second kappa shape index (κ2) is 7.44. The summed E-state index contributed by atoms with van der Waals surface area (Å²) in [7, 11) is 1.41. The lowest BCUT2D eigenvalue weighted by molar-refractivity contribution is -0.136. The monoisotopic (exact) mass is 225 g/mol. The van der Waals surface area contributed by atoms with E-state index in [1.807, 2.05) is 6.08 Å². The van der Waals surface area contributed by atoms with Gasteiger partial charge in [0.1, 0.15) is 0 Å². The molecule has 0 unspecified atom stereocenters. The molecule has 3 nitrogen and oxygen atoms in total. The van der Waals surface area contributed by atoms with Gasteiger partial charge in [-0.3, -0.25) is 0 Å². The smallest absolute Gasteiger partial charge is 0.333 e. The predicted molar refractivity (Wildman–Crippen MR) is 65.2 cm³/mol. The van der Waals surface area contributed by atoms with Gasteiger partial charge in [-0.1, -0.05) is 25.3 Å². The number of carbonyl (C=O) groups is 1. The summed E-state index contributed by atoms with van der Waals surface area (Å²) >= 11 is 0. The Morgan fingerprint density at radius 2 is 2.06 bits per heavy atom. The summed E-state index contributed by atoms with van der Waals surface area (Å²) in [4.78, 5) is 11.1. The first-order chi connectivity index (χ1) is 7.74. The lowest BCUT2D eigenvalue weighted by atomic mass is 9.89. The highest BCUT2D eigenvalue weighted by Gasteiger charge is 2.12. The zero-order chi connectivity index (χ0) is 11.8. The Kier molecular flexibility index (Phi) is 6.16. The largest absolute Gasteiger partial charge is 0.466 e. The number of rotatable bonds is 5. The fraction of sp³-hybridized carbons (Fsp3) is 0.769. The first-order valence-electron chi connectivity index (χ1n) is 6.20. The molecule has 16 heavy (non-hydrogen) atoms. The van der Waals surface area contributed by atoms with Crippen molar-refractivity contribution in [1.29, 1.82) is 0 Å². The average Bonchev–Trinajstić information content (AvgIpc) is 2.34. The van der Waals surface area contributed by atoms with E-state index in [1.54, 1.807) is 6.92 Å². The van der Waals surface area contributed by atoms with Gasteiger partial charge in [-0.15, -0.1) is 0 Å². The molecule has 3 heteroatoms. The van der Waals surface area contributed by atoms with Crippen LogP contribution in [0.2, 0.25) is 0 Å². The van der Waals surface area contributed by atoms with Crippen molar-refractivity contribution in [2.24, 2.45) is 5.92 Å². The van der Waals surface area contributed by atoms with Crippen molar-refractivity contribution in [2.75, 3.05) is 20.2 Å². The third kappa shape index (κ3) is 4.79. The second-order valence-electron chi connectivity index (χ2n) is 4.54. The Bertz CT molecular complexity index is 242. The van der Waals surface area contributed by atoms with E-state index >= 15 is 0 Å². The van der Waals surface area contributed by atoms with E-state index in [4.69, 9.17) is 0 Å². The predicted octanol–water partition coefficient (Wildman–Crippen LogP) is 2.28. The molecule has 0 atom stereocenters. The highest BCUT2D eigenvalue weighted by molar-refractivity contribution is 5.87. The van der Waals surface area contributed by atoms with Gasteiger partial charge in [-0.05, 0) is 32.2 Å². The van der Waals surface area contributed by atoms with Gasteiger partial charge in [0.25, 0.3) is 0 Å². The van der Waals surface area contributed by atoms with Crippen LogP contribution >= 0.6 is 0 Å². The van der Waals surface area contributed by atoms with Gasteiger partial charge in [0.15, 0.2) is 0 Å². The van der Waals surface area contributed by atoms with E-state index in [0.29, 0.717) is 5.57 Å². The van der Waals surface area contributed by atoms with Crippen LogP contribution in [0.15, 0.2) is 11.6 Å². The normalized spacial score (nSPS) is 18.5. The Morgan fingerprint density at radius 3 is 2.69 bits per heavy atom. The van der Waals surface area contributed by atoms with Crippen LogP contribution in [0.25, 0.3) is 0 Å². The zero-order valence-electron chi connectivity index (χ0n) is 10.4. The number of carbonyl (C=O) groups excluding carboxylic acids is 1. The summed E-state index contributed by atoms with van der Waals surface area (Å²) in [6.45, 7) is 3.62. The fourth-order valence-electron chi connectivity index (χ4n) is 2.15. The van der Waals surface area contributed by atoms with Gasteiger partial charge < -0.3 is 10.1 Å². The van der Waals surface area contributed by atoms with Crippen molar-refractivity contribution < 1.29 is 9.53 Å². The quantitative estimate of drug-likeness (QED) is 0.443. The molecule has 1 aliphatic carbocycles. The van der Waals surface area contributed by atoms with Crippen LogP contribution in [0, 0.1) is 5.92 Å². The summed E-state index contributed by atoms with van der Waals surface area (Å²) in [5.74, 6) is 0.597. The molecule has 0 bridgehead atoms. The Labute approximate surface area is 98.2 Å². The average molecular weight is 225 g/mol. The van der Waals surface area contributed by atoms with E-state index in [1.165, 1.54) is 39.2 Å². The van der Waals surface area contributed by atoms with E-state index in [9.17, 15) is 4.79 Å². The molecule has 0 heterocycles. The van der Waals surface area contributed by atoms with Gasteiger partial charge in [-0.2, -0.15) is 0 Å². The van der Waals surface area contributed by atoms with Crippen molar-refractivity contribution >= 4 is 5.97 Å². The van der Waals surface area contributed by atoms with Crippen LogP contribution in [0.5, 0.6) is 0 Å². The van der Waals surface area contributed by atoms with Crippen molar-refractivity contribution in [3.63, 3.8) is 0 Å². The van der Waals surface area contributed by atoms with Crippen molar-refractivity contribution in [3.05, 3.63) is 11.6 Å². The van der Waals surface area contributed by atoms with Crippen LogP contribution in [-0.2, 0) is 9.53 Å². The molecule has 1 N–H and O–H groups in total. The molecule has 0 aliphatic heterocycles. The number of hydrogen-bond acceptors (Lipinski definition) is 3. The van der Waals surface area contributed by atoms with Gasteiger partial charge in [0, 0.05) is 12.1 Å². The molecule has 92 valence electrons. The maximum absolute atomic E-state index is 11.1. The van der Waals surface area contributed by atoms with Crippen molar-refractivity contribution in [2.45, 2.75) is 39.0 Å². The van der Waals surface area contributed by atoms with Gasteiger partial charge >= 0.3 is 5.97 Å². The number of esters is 1. The molecular weight excluding hydrogens is 202 g/mol. The van der Waals surface area contributed by atoms with E-state index in [2.05, 4.69) is 10.1 Å². The molecule has 0 radical (unpaired) electrons. The molecule has 1 saturated carbocycles. The van der Waals surface area contributed by atoms with Gasteiger partial charge in [0.2, 0.25) is 0 Å². The summed E-state index contributed by atoms with van der Waals surface area (Å²) < 4.78 is 4.62. The number of methoxy groups -OCH3 is 1. The Hall–Kier alpha value is -0.830. The maximum atomic E-state index is 11.1. The minimum Gasteiger partial charge on any atom is -0.466 e. The molecule has 0 spiro atoms. The van der Waals surface area contributed by atoms with Crippen LogP contribution in [0.3, 0.4) is 0 Å². The zero-order valence-corrected chi connectivity index (χ0v) is 10.4. The maximum Gasteiger partial charge on any atom is 0.333 e. The highest BCUT2D eigenvalue weighted by atomic mass is 16.5. The van der Waals surface area contributed by atoms with Crippen molar-refractivity contribution in [3.8, 4) is 0 Å².